The molecule has 5 nitrogen and oxygen atoms in total. The van der Waals surface area contributed by atoms with Crippen LogP contribution in [0.2, 0.25) is 0 Å². The Kier molecular flexibility index (Phi) is 5.78. The first kappa shape index (κ1) is 17.1. The summed E-state index contributed by atoms with van der Waals surface area (Å²) in [6.07, 6.45) is 1.65. The minimum absolute atomic E-state index is 0.117. The van der Waals surface area contributed by atoms with Crippen LogP contribution in [-0.2, 0) is 5.60 Å². The minimum atomic E-state index is -1.10. The van der Waals surface area contributed by atoms with Gasteiger partial charge in [-0.25, -0.2) is 4.79 Å². The lowest BCUT2D eigenvalue weighted by Crippen LogP contribution is -2.40. The van der Waals surface area contributed by atoms with Crippen molar-refractivity contribution < 1.29 is 14.6 Å². The molecule has 3 N–H and O–H groups in total. The number of anilines is 1. The predicted molar refractivity (Wildman–Crippen MR) is 93.0 cm³/mol. The average Bonchev–Trinajstić information content (AvgIpc) is 3.07. The molecule has 1 aromatic carbocycles. The Hall–Kier alpha value is -2.31. The van der Waals surface area contributed by atoms with Gasteiger partial charge in [-0.3, -0.25) is 0 Å². The van der Waals surface area contributed by atoms with Crippen LogP contribution in [-0.4, -0.2) is 24.3 Å². The number of benzene rings is 1. The standard InChI is InChI=1S/C17H20N2O3S/c1-3-9-22-14-7-4-6-13(11-14)19-16(20)18-12-17(2,21)15-8-5-10-23-15/h3-8,10-11,21H,1,9,12H2,2H3,(H2,18,19,20). The molecule has 23 heavy (non-hydrogen) atoms. The second-order valence-corrected chi connectivity index (χ2v) is 6.13. The second-order valence-electron chi connectivity index (χ2n) is 5.19. The molecule has 1 unspecified atom stereocenters. The quantitative estimate of drug-likeness (QED) is 0.681. The van der Waals surface area contributed by atoms with Crippen molar-refractivity contribution in [1.29, 1.82) is 0 Å². The highest BCUT2D eigenvalue weighted by Crippen LogP contribution is 2.24. The summed E-state index contributed by atoms with van der Waals surface area (Å²) in [6, 6.07) is 10.4. The average molecular weight is 332 g/mol. The summed E-state index contributed by atoms with van der Waals surface area (Å²) in [5.41, 5.74) is -0.486. The van der Waals surface area contributed by atoms with Gasteiger partial charge in [0, 0.05) is 16.6 Å². The number of carbonyl (C=O) groups is 1. The normalized spacial score (nSPS) is 13.0. The Balaban J connectivity index is 1.88. The fraction of sp³-hybridized carbons (Fsp3) is 0.235. The molecule has 1 heterocycles. The van der Waals surface area contributed by atoms with Crippen molar-refractivity contribution in [3.63, 3.8) is 0 Å². The molecular formula is C17H20N2O3S. The fourth-order valence-corrected chi connectivity index (χ4v) is 2.71. The zero-order chi connectivity index (χ0) is 16.7. The van der Waals surface area contributed by atoms with Crippen molar-refractivity contribution in [2.24, 2.45) is 0 Å². The zero-order valence-electron chi connectivity index (χ0n) is 12.9. The number of amides is 2. The highest BCUT2D eigenvalue weighted by molar-refractivity contribution is 7.10. The molecule has 0 bridgehead atoms. The van der Waals surface area contributed by atoms with Gasteiger partial charge in [0.1, 0.15) is 18.0 Å². The molecule has 0 aliphatic carbocycles. The van der Waals surface area contributed by atoms with E-state index in [0.717, 1.165) is 4.88 Å². The van der Waals surface area contributed by atoms with Crippen LogP contribution in [0, 0.1) is 0 Å². The SMILES string of the molecule is C=CCOc1cccc(NC(=O)NCC(C)(O)c2cccs2)c1. The van der Waals surface area contributed by atoms with Crippen molar-refractivity contribution in [3.8, 4) is 5.75 Å². The first-order chi connectivity index (χ1) is 11.0. The van der Waals surface area contributed by atoms with E-state index in [9.17, 15) is 9.90 Å². The smallest absolute Gasteiger partial charge is 0.319 e. The number of urea groups is 1. The van der Waals surface area contributed by atoms with Crippen molar-refractivity contribution in [3.05, 3.63) is 59.3 Å². The van der Waals surface area contributed by atoms with Crippen LogP contribution in [0.5, 0.6) is 5.75 Å². The van der Waals surface area contributed by atoms with E-state index in [1.54, 1.807) is 37.3 Å². The third-order valence-corrected chi connectivity index (χ3v) is 4.23. The Morgan fingerprint density at radius 3 is 2.96 bits per heavy atom. The van der Waals surface area contributed by atoms with Crippen LogP contribution in [0.1, 0.15) is 11.8 Å². The van der Waals surface area contributed by atoms with Crippen molar-refractivity contribution in [2.75, 3.05) is 18.5 Å². The van der Waals surface area contributed by atoms with E-state index < -0.39 is 5.60 Å². The number of hydrogen-bond donors (Lipinski definition) is 3. The van der Waals surface area contributed by atoms with E-state index in [0.29, 0.717) is 18.0 Å². The van der Waals surface area contributed by atoms with E-state index in [4.69, 9.17) is 4.74 Å². The van der Waals surface area contributed by atoms with Crippen LogP contribution in [0.25, 0.3) is 0 Å². The van der Waals surface area contributed by atoms with Crippen LogP contribution < -0.4 is 15.4 Å². The maximum atomic E-state index is 12.0. The Labute approximate surface area is 139 Å². The van der Waals surface area contributed by atoms with Crippen LogP contribution in [0.3, 0.4) is 0 Å². The topological polar surface area (TPSA) is 70.6 Å². The lowest BCUT2D eigenvalue weighted by Gasteiger charge is -2.22. The van der Waals surface area contributed by atoms with Gasteiger partial charge in [0.25, 0.3) is 0 Å². The third-order valence-electron chi connectivity index (χ3n) is 3.10. The van der Waals surface area contributed by atoms with Gasteiger partial charge >= 0.3 is 6.03 Å². The van der Waals surface area contributed by atoms with Crippen LogP contribution >= 0.6 is 11.3 Å². The molecule has 0 saturated heterocycles. The van der Waals surface area contributed by atoms with E-state index >= 15 is 0 Å². The summed E-state index contributed by atoms with van der Waals surface area (Å²) in [4.78, 5) is 12.8. The van der Waals surface area contributed by atoms with Gasteiger partial charge in [-0.15, -0.1) is 11.3 Å². The first-order valence-corrected chi connectivity index (χ1v) is 8.04. The molecule has 2 amide bonds. The van der Waals surface area contributed by atoms with Gasteiger partial charge in [0.05, 0.1) is 6.54 Å². The molecule has 0 aliphatic heterocycles. The van der Waals surface area contributed by atoms with Gasteiger partial charge in [-0.2, -0.15) is 0 Å². The number of nitrogens with one attached hydrogen (secondary N) is 2. The van der Waals surface area contributed by atoms with Crippen molar-refractivity contribution in [2.45, 2.75) is 12.5 Å². The van der Waals surface area contributed by atoms with Crippen molar-refractivity contribution in [1.82, 2.24) is 5.32 Å². The van der Waals surface area contributed by atoms with Crippen LogP contribution in [0.4, 0.5) is 10.5 Å². The molecule has 2 aromatic rings. The molecule has 0 fully saturated rings. The Morgan fingerprint density at radius 2 is 2.26 bits per heavy atom. The number of hydrogen-bond acceptors (Lipinski definition) is 4. The molecule has 122 valence electrons. The van der Waals surface area contributed by atoms with Crippen LogP contribution in [0.15, 0.2) is 54.4 Å². The summed E-state index contributed by atoms with van der Waals surface area (Å²) in [5, 5.41) is 17.6. The Bertz CT molecular complexity index is 654. The van der Waals surface area contributed by atoms with Gasteiger partial charge in [0.15, 0.2) is 0 Å². The van der Waals surface area contributed by atoms with Crippen molar-refractivity contribution >= 4 is 23.1 Å². The summed E-state index contributed by atoms with van der Waals surface area (Å²) < 4.78 is 5.41. The molecule has 1 atom stereocenters. The molecule has 1 aromatic heterocycles. The molecule has 2 rings (SSSR count). The summed E-state index contributed by atoms with van der Waals surface area (Å²) in [5.74, 6) is 0.647. The molecule has 0 radical (unpaired) electrons. The number of rotatable bonds is 7. The number of carbonyl (C=O) groups excluding carboxylic acids is 1. The van der Waals surface area contributed by atoms with Gasteiger partial charge < -0.3 is 20.5 Å². The first-order valence-electron chi connectivity index (χ1n) is 7.16. The van der Waals surface area contributed by atoms with Gasteiger partial charge in [-0.1, -0.05) is 24.8 Å². The van der Waals surface area contributed by atoms with Gasteiger partial charge in [-0.05, 0) is 30.5 Å². The van der Waals surface area contributed by atoms with E-state index in [-0.39, 0.29) is 12.6 Å². The number of ether oxygens (including phenoxy) is 1. The monoisotopic (exact) mass is 332 g/mol. The highest BCUT2D eigenvalue weighted by atomic mass is 32.1. The largest absolute Gasteiger partial charge is 0.489 e. The molecular weight excluding hydrogens is 312 g/mol. The lowest BCUT2D eigenvalue weighted by atomic mass is 10.1. The highest BCUT2D eigenvalue weighted by Gasteiger charge is 2.24. The zero-order valence-corrected chi connectivity index (χ0v) is 13.7. The fourth-order valence-electron chi connectivity index (χ4n) is 1.92. The number of aliphatic hydroxyl groups is 1. The second kappa shape index (κ2) is 7.80. The molecule has 0 saturated carbocycles. The van der Waals surface area contributed by atoms with E-state index in [1.165, 1.54) is 11.3 Å². The Morgan fingerprint density at radius 1 is 1.43 bits per heavy atom. The maximum absolute atomic E-state index is 12.0. The maximum Gasteiger partial charge on any atom is 0.319 e. The van der Waals surface area contributed by atoms with E-state index in [2.05, 4.69) is 17.2 Å². The van der Waals surface area contributed by atoms with Gasteiger partial charge in [0.2, 0.25) is 0 Å². The molecule has 0 aliphatic rings. The summed E-state index contributed by atoms with van der Waals surface area (Å²) in [6.45, 7) is 5.78. The molecule has 6 heteroatoms. The lowest BCUT2D eigenvalue weighted by molar-refractivity contribution is 0.0637. The minimum Gasteiger partial charge on any atom is -0.489 e. The molecule has 0 spiro atoms. The third kappa shape index (κ3) is 5.12. The summed E-state index contributed by atoms with van der Waals surface area (Å²) in [7, 11) is 0. The van der Waals surface area contributed by atoms with E-state index in [1.807, 2.05) is 17.5 Å². The summed E-state index contributed by atoms with van der Waals surface area (Å²) >= 11 is 1.45. The number of thiophene rings is 1. The predicted octanol–water partition coefficient (Wildman–Crippen LogP) is 3.34.